The predicted octanol–water partition coefficient (Wildman–Crippen LogP) is 4.27. The first-order chi connectivity index (χ1) is 15.5. The third-order valence-corrected chi connectivity index (χ3v) is 5.08. The minimum Gasteiger partial charge on any atom is -0.497 e. The Kier molecular flexibility index (Phi) is 9.20. The van der Waals surface area contributed by atoms with E-state index in [4.69, 9.17) is 14.2 Å². The summed E-state index contributed by atoms with van der Waals surface area (Å²) in [7, 11) is 1.57. The van der Waals surface area contributed by atoms with Crippen LogP contribution in [0.4, 0.5) is 0 Å². The van der Waals surface area contributed by atoms with Crippen molar-refractivity contribution < 1.29 is 28.6 Å². The molecule has 1 aromatic rings. The van der Waals surface area contributed by atoms with Crippen LogP contribution in [0.25, 0.3) is 5.57 Å². The lowest BCUT2D eigenvalue weighted by Crippen LogP contribution is -2.28. The lowest BCUT2D eigenvalue weighted by Gasteiger charge is -2.17. The van der Waals surface area contributed by atoms with Crippen LogP contribution in [0.1, 0.15) is 80.9 Å². The summed E-state index contributed by atoms with van der Waals surface area (Å²) in [6.07, 6.45) is 2.89. The zero-order valence-electron chi connectivity index (χ0n) is 20.5. The van der Waals surface area contributed by atoms with Gasteiger partial charge in [-0.1, -0.05) is 13.8 Å². The number of nitrogens with one attached hydrogen (secondary N) is 1. The third-order valence-electron chi connectivity index (χ3n) is 5.08. The highest BCUT2D eigenvalue weighted by atomic mass is 16.7. The maximum Gasteiger partial charge on any atom is 0.360 e. The fourth-order valence-electron chi connectivity index (χ4n) is 2.92. The maximum atomic E-state index is 13.0. The van der Waals surface area contributed by atoms with Gasteiger partial charge in [-0.2, -0.15) is 0 Å². The summed E-state index contributed by atoms with van der Waals surface area (Å²) in [5, 5.41) is 2.85. The van der Waals surface area contributed by atoms with Crippen LogP contribution in [-0.2, 0) is 19.0 Å². The molecule has 180 valence electrons. The highest BCUT2D eigenvalue weighted by molar-refractivity contribution is 5.97. The van der Waals surface area contributed by atoms with Gasteiger partial charge in [0.15, 0.2) is 5.69 Å². The molecule has 33 heavy (non-hydrogen) atoms. The van der Waals surface area contributed by atoms with Gasteiger partial charge in [-0.05, 0) is 68.9 Å². The number of amides is 1. The Hall–Kier alpha value is -3.16. The molecule has 1 saturated carbocycles. The van der Waals surface area contributed by atoms with Crippen molar-refractivity contribution >= 4 is 23.4 Å². The Bertz CT molecular complexity index is 956. The SMILES string of the molecule is COC(/C=C(\C)c1ccc(C(=O)NCC2CC2)nc1C(=O)OC(C)OC(=O)C(C)C)=C(C)C. The molecule has 1 amide bonds. The van der Waals surface area contributed by atoms with Crippen molar-refractivity contribution in [2.45, 2.75) is 60.7 Å². The van der Waals surface area contributed by atoms with Crippen LogP contribution in [0, 0.1) is 11.8 Å². The van der Waals surface area contributed by atoms with Crippen molar-refractivity contribution in [1.82, 2.24) is 10.3 Å². The van der Waals surface area contributed by atoms with Crippen molar-refractivity contribution in [3.8, 4) is 0 Å². The van der Waals surface area contributed by atoms with E-state index >= 15 is 0 Å². The van der Waals surface area contributed by atoms with Gasteiger partial charge >= 0.3 is 11.9 Å². The number of hydrogen-bond acceptors (Lipinski definition) is 7. The minimum atomic E-state index is -1.11. The first-order valence-electron chi connectivity index (χ1n) is 11.1. The fraction of sp³-hybridized carbons (Fsp3) is 0.520. The molecule has 1 aromatic heterocycles. The van der Waals surface area contributed by atoms with Gasteiger partial charge < -0.3 is 19.5 Å². The average molecular weight is 459 g/mol. The van der Waals surface area contributed by atoms with Crippen molar-refractivity contribution in [1.29, 1.82) is 0 Å². The number of nitrogens with zero attached hydrogens (tertiary/aromatic N) is 1. The largest absolute Gasteiger partial charge is 0.497 e. The summed E-state index contributed by atoms with van der Waals surface area (Å²) in [6.45, 7) is 11.0. The van der Waals surface area contributed by atoms with Gasteiger partial charge in [0.25, 0.3) is 5.91 Å². The normalized spacial score (nSPS) is 14.4. The first-order valence-corrected chi connectivity index (χ1v) is 11.1. The molecule has 8 nitrogen and oxygen atoms in total. The second kappa shape index (κ2) is 11.6. The van der Waals surface area contributed by atoms with Gasteiger partial charge in [-0.25, -0.2) is 9.78 Å². The summed E-state index contributed by atoms with van der Waals surface area (Å²) in [5.41, 5.74) is 2.21. The van der Waals surface area contributed by atoms with Crippen molar-refractivity contribution in [2.75, 3.05) is 13.7 Å². The van der Waals surface area contributed by atoms with Crippen LogP contribution in [-0.4, -0.2) is 42.8 Å². The van der Waals surface area contributed by atoms with E-state index in [-0.39, 0.29) is 23.2 Å². The molecule has 2 rings (SSSR count). The Balaban J connectivity index is 2.36. The van der Waals surface area contributed by atoms with E-state index in [1.807, 2.05) is 20.8 Å². The van der Waals surface area contributed by atoms with Crippen molar-refractivity contribution in [2.24, 2.45) is 11.8 Å². The summed E-state index contributed by atoms with van der Waals surface area (Å²) < 4.78 is 15.9. The average Bonchev–Trinajstić information content (AvgIpc) is 3.59. The zero-order valence-corrected chi connectivity index (χ0v) is 20.5. The first kappa shape index (κ1) is 26.1. The molecule has 1 atom stereocenters. The number of allylic oxidation sites excluding steroid dienone is 3. The summed E-state index contributed by atoms with van der Waals surface area (Å²) in [5.74, 6) is -0.839. The second-order valence-electron chi connectivity index (χ2n) is 8.71. The Morgan fingerprint density at radius 3 is 2.33 bits per heavy atom. The van der Waals surface area contributed by atoms with Gasteiger partial charge in [0.05, 0.1) is 13.0 Å². The summed E-state index contributed by atoms with van der Waals surface area (Å²) >= 11 is 0. The standard InChI is InChI=1S/C25H34N2O6/c1-14(2)21(31-7)12-16(5)19-10-11-20(23(28)26-13-18-8-9-18)27-22(19)25(30)33-17(6)32-24(29)15(3)4/h10-12,15,17-18H,8-9,13H2,1-7H3,(H,26,28)/b16-12+. The molecule has 8 heteroatoms. The Labute approximate surface area is 195 Å². The quantitative estimate of drug-likeness (QED) is 0.242. The lowest BCUT2D eigenvalue weighted by atomic mass is 10.0. The molecule has 0 saturated heterocycles. The molecule has 1 aliphatic carbocycles. The van der Waals surface area contributed by atoms with Gasteiger partial charge in [-0.15, -0.1) is 0 Å². The monoisotopic (exact) mass is 458 g/mol. The number of carbonyl (C=O) groups is 3. The van der Waals surface area contributed by atoms with Gasteiger partial charge in [0, 0.05) is 19.0 Å². The van der Waals surface area contributed by atoms with Gasteiger partial charge in [0.1, 0.15) is 11.5 Å². The predicted molar refractivity (Wildman–Crippen MR) is 124 cm³/mol. The third kappa shape index (κ3) is 7.73. The fourth-order valence-corrected chi connectivity index (χ4v) is 2.92. The molecule has 1 unspecified atom stereocenters. The molecule has 0 aromatic carbocycles. The van der Waals surface area contributed by atoms with E-state index in [1.54, 1.807) is 39.2 Å². The van der Waals surface area contributed by atoms with Crippen LogP contribution < -0.4 is 5.32 Å². The highest BCUT2D eigenvalue weighted by Crippen LogP contribution is 2.28. The molecule has 1 aliphatic rings. The van der Waals surface area contributed by atoms with Crippen LogP contribution in [0.2, 0.25) is 0 Å². The van der Waals surface area contributed by atoms with E-state index in [0.29, 0.717) is 29.4 Å². The maximum absolute atomic E-state index is 13.0. The van der Waals surface area contributed by atoms with Crippen LogP contribution in [0.3, 0.4) is 0 Å². The molecule has 0 spiro atoms. The Morgan fingerprint density at radius 2 is 1.79 bits per heavy atom. The summed E-state index contributed by atoms with van der Waals surface area (Å²) in [6, 6.07) is 3.23. The summed E-state index contributed by atoms with van der Waals surface area (Å²) in [4.78, 5) is 41.7. The molecule has 0 bridgehead atoms. The molecular weight excluding hydrogens is 424 g/mol. The molecule has 1 fully saturated rings. The zero-order chi connectivity index (χ0) is 24.7. The molecular formula is C25H34N2O6. The number of ether oxygens (including phenoxy) is 3. The minimum absolute atomic E-state index is 0.0422. The smallest absolute Gasteiger partial charge is 0.360 e. The van der Waals surface area contributed by atoms with E-state index in [2.05, 4.69) is 10.3 Å². The van der Waals surface area contributed by atoms with Crippen LogP contribution in [0.15, 0.2) is 29.5 Å². The van der Waals surface area contributed by atoms with Gasteiger partial charge in [0.2, 0.25) is 6.29 Å². The second-order valence-corrected chi connectivity index (χ2v) is 8.71. The number of aromatic nitrogens is 1. The molecule has 0 aliphatic heterocycles. The van der Waals surface area contributed by atoms with Crippen LogP contribution in [0.5, 0.6) is 0 Å². The van der Waals surface area contributed by atoms with Crippen molar-refractivity contribution in [3.05, 3.63) is 46.5 Å². The number of esters is 2. The van der Waals surface area contributed by atoms with Gasteiger partial charge in [-0.3, -0.25) is 9.59 Å². The Morgan fingerprint density at radius 1 is 1.12 bits per heavy atom. The molecule has 1 N–H and O–H groups in total. The van der Waals surface area contributed by atoms with Crippen molar-refractivity contribution in [3.63, 3.8) is 0 Å². The number of pyridine rings is 1. The number of methoxy groups -OCH3 is 1. The van der Waals surface area contributed by atoms with E-state index < -0.39 is 18.2 Å². The van der Waals surface area contributed by atoms with E-state index in [9.17, 15) is 14.4 Å². The van der Waals surface area contributed by atoms with Crippen LogP contribution >= 0.6 is 0 Å². The molecule has 0 radical (unpaired) electrons. The highest BCUT2D eigenvalue weighted by Gasteiger charge is 2.25. The number of carbonyl (C=O) groups excluding carboxylic acids is 3. The topological polar surface area (TPSA) is 104 Å². The number of rotatable bonds is 10. The lowest BCUT2D eigenvalue weighted by molar-refractivity contribution is -0.169. The number of hydrogen-bond donors (Lipinski definition) is 1. The van der Waals surface area contributed by atoms with E-state index in [0.717, 1.165) is 18.4 Å². The molecule has 1 heterocycles. The van der Waals surface area contributed by atoms with E-state index in [1.165, 1.54) is 6.92 Å².